The van der Waals surface area contributed by atoms with Gasteiger partial charge >= 0.3 is 0 Å². The van der Waals surface area contributed by atoms with Crippen molar-refractivity contribution in [1.82, 2.24) is 5.32 Å². The summed E-state index contributed by atoms with van der Waals surface area (Å²) in [5, 5.41) is 9.93. The quantitative estimate of drug-likeness (QED) is 0.735. The third kappa shape index (κ3) is 4.79. The number of carbonyl (C=O) groups excluding carboxylic acids is 1. The van der Waals surface area contributed by atoms with Crippen LogP contribution in [0.25, 0.3) is 0 Å². The van der Waals surface area contributed by atoms with Gasteiger partial charge in [0.05, 0.1) is 12.5 Å². The summed E-state index contributed by atoms with van der Waals surface area (Å²) in [4.78, 5) is 11.4. The Morgan fingerprint density at radius 1 is 1.53 bits per heavy atom. The highest BCUT2D eigenvalue weighted by Crippen LogP contribution is 2.01. The monoisotopic (exact) mass is 232 g/mol. The molecule has 1 amide bonds. The molecule has 0 bridgehead atoms. The van der Waals surface area contributed by atoms with E-state index in [9.17, 15) is 13.2 Å². The minimum atomic E-state index is -3.37. The van der Waals surface area contributed by atoms with Crippen LogP contribution in [-0.2, 0) is 14.6 Å². The van der Waals surface area contributed by atoms with Gasteiger partial charge in [-0.1, -0.05) is 6.92 Å². The number of carbonyl (C=O) groups is 1. The Labute approximate surface area is 90.4 Å². The molecule has 0 aromatic heterocycles. The molecule has 0 aliphatic rings. The van der Waals surface area contributed by atoms with E-state index in [1.165, 1.54) is 6.92 Å². The second kappa shape index (κ2) is 5.71. The Hall–Kier alpha value is -1.09. The molecule has 0 fully saturated rings. The average molecular weight is 232 g/mol. The predicted octanol–water partition coefficient (Wildman–Crippen LogP) is 0.228. The van der Waals surface area contributed by atoms with Crippen molar-refractivity contribution in [3.63, 3.8) is 0 Å². The van der Waals surface area contributed by atoms with E-state index < -0.39 is 21.0 Å². The lowest BCUT2D eigenvalue weighted by molar-refractivity contribution is -0.121. The Morgan fingerprint density at radius 3 is 2.40 bits per heavy atom. The van der Waals surface area contributed by atoms with Crippen molar-refractivity contribution in [2.45, 2.75) is 38.0 Å². The number of nitrogens with zero attached hydrogens (tertiary/aromatic N) is 1. The molecule has 0 heterocycles. The molecule has 0 radical (unpaired) electrons. The summed E-state index contributed by atoms with van der Waals surface area (Å²) < 4.78 is 22.1. The first kappa shape index (κ1) is 13.9. The van der Waals surface area contributed by atoms with Crippen LogP contribution in [0.5, 0.6) is 0 Å². The zero-order valence-electron chi connectivity index (χ0n) is 9.15. The van der Waals surface area contributed by atoms with Gasteiger partial charge in [-0.2, -0.15) is 5.26 Å². The van der Waals surface area contributed by atoms with Gasteiger partial charge in [0.1, 0.15) is 5.25 Å². The van der Waals surface area contributed by atoms with Crippen LogP contribution in [0.2, 0.25) is 0 Å². The summed E-state index contributed by atoms with van der Waals surface area (Å²) in [5.74, 6) is -0.542. The molecular formula is C9H16N2O3S. The topological polar surface area (TPSA) is 87.0 Å². The fraction of sp³-hybridized carbons (Fsp3) is 0.778. The van der Waals surface area contributed by atoms with Gasteiger partial charge in [-0.25, -0.2) is 8.42 Å². The minimum Gasteiger partial charge on any atom is -0.351 e. The molecule has 5 nitrogen and oxygen atoms in total. The first-order valence-electron chi connectivity index (χ1n) is 4.69. The zero-order chi connectivity index (χ0) is 12.1. The van der Waals surface area contributed by atoms with Gasteiger partial charge in [-0.3, -0.25) is 4.79 Å². The second-order valence-electron chi connectivity index (χ2n) is 3.45. The molecule has 2 unspecified atom stereocenters. The minimum absolute atomic E-state index is 0.193. The molecule has 2 atom stereocenters. The van der Waals surface area contributed by atoms with E-state index in [2.05, 4.69) is 5.32 Å². The number of amides is 1. The Balaban J connectivity index is 4.43. The molecule has 0 aliphatic heterocycles. The molecular weight excluding hydrogens is 216 g/mol. The van der Waals surface area contributed by atoms with Crippen molar-refractivity contribution in [2.24, 2.45) is 0 Å². The molecule has 0 saturated carbocycles. The Morgan fingerprint density at radius 2 is 2.07 bits per heavy atom. The lowest BCUT2D eigenvalue weighted by Gasteiger charge is -2.16. The van der Waals surface area contributed by atoms with Gasteiger partial charge in [0.15, 0.2) is 9.84 Å². The van der Waals surface area contributed by atoms with Crippen LogP contribution < -0.4 is 5.32 Å². The number of sulfone groups is 1. The van der Waals surface area contributed by atoms with Gasteiger partial charge in [-0.15, -0.1) is 0 Å². The van der Waals surface area contributed by atoms with E-state index in [1.807, 2.05) is 13.0 Å². The van der Waals surface area contributed by atoms with E-state index in [0.29, 0.717) is 6.42 Å². The molecule has 1 N–H and O–H groups in total. The predicted molar refractivity (Wildman–Crippen MR) is 56.8 cm³/mol. The van der Waals surface area contributed by atoms with Crippen molar-refractivity contribution < 1.29 is 13.2 Å². The number of hydrogen-bond donors (Lipinski definition) is 1. The fourth-order valence-electron chi connectivity index (χ4n) is 0.921. The van der Waals surface area contributed by atoms with Crippen LogP contribution in [0.1, 0.15) is 26.7 Å². The molecule has 0 aromatic carbocycles. The van der Waals surface area contributed by atoms with Gasteiger partial charge in [0, 0.05) is 12.3 Å². The van der Waals surface area contributed by atoms with E-state index in [0.717, 1.165) is 6.26 Å². The maximum atomic E-state index is 11.4. The third-order valence-electron chi connectivity index (χ3n) is 2.19. The second-order valence-corrected chi connectivity index (χ2v) is 5.81. The van der Waals surface area contributed by atoms with Crippen LogP contribution >= 0.6 is 0 Å². The highest BCUT2D eigenvalue weighted by atomic mass is 32.2. The number of hydrogen-bond acceptors (Lipinski definition) is 4. The van der Waals surface area contributed by atoms with Crippen molar-refractivity contribution >= 4 is 15.7 Å². The molecule has 15 heavy (non-hydrogen) atoms. The highest BCUT2D eigenvalue weighted by molar-refractivity contribution is 7.92. The Bertz CT molecular complexity index is 356. The summed E-state index contributed by atoms with van der Waals surface area (Å²) in [5.41, 5.74) is 0. The van der Waals surface area contributed by atoms with Gasteiger partial charge in [0.25, 0.3) is 0 Å². The van der Waals surface area contributed by atoms with Crippen LogP contribution in [0.4, 0.5) is 0 Å². The first-order valence-corrected chi connectivity index (χ1v) is 6.64. The van der Waals surface area contributed by atoms with Crippen LogP contribution in [0.3, 0.4) is 0 Å². The van der Waals surface area contributed by atoms with Crippen molar-refractivity contribution in [2.75, 3.05) is 6.26 Å². The van der Waals surface area contributed by atoms with Crippen molar-refractivity contribution in [3.8, 4) is 6.07 Å². The highest BCUT2D eigenvalue weighted by Gasteiger charge is 2.24. The van der Waals surface area contributed by atoms with Crippen molar-refractivity contribution in [1.29, 1.82) is 5.26 Å². The molecule has 6 heteroatoms. The maximum Gasteiger partial charge on any atom is 0.238 e. The van der Waals surface area contributed by atoms with Crippen LogP contribution in [0.15, 0.2) is 0 Å². The normalized spacial score (nSPS) is 15.1. The smallest absolute Gasteiger partial charge is 0.238 e. The lowest BCUT2D eigenvalue weighted by Crippen LogP contribution is -2.42. The molecule has 0 aromatic rings. The summed E-state index contributed by atoms with van der Waals surface area (Å²) in [6, 6.07) is 1.67. The number of nitriles is 1. The van der Waals surface area contributed by atoms with Crippen LogP contribution in [0, 0.1) is 11.3 Å². The molecule has 0 spiro atoms. The third-order valence-corrected chi connectivity index (χ3v) is 3.69. The zero-order valence-corrected chi connectivity index (χ0v) is 9.97. The Kier molecular flexibility index (Phi) is 5.29. The molecule has 0 saturated heterocycles. The standard InChI is InChI=1S/C9H16N2O3S/c1-4-8(5-6-10)11-9(12)7(2)15(3,13)14/h7-8H,4-5H2,1-3H3,(H,11,12). The van der Waals surface area contributed by atoms with E-state index in [4.69, 9.17) is 5.26 Å². The lowest BCUT2D eigenvalue weighted by atomic mass is 10.1. The van der Waals surface area contributed by atoms with E-state index >= 15 is 0 Å². The molecule has 0 rings (SSSR count). The van der Waals surface area contributed by atoms with E-state index in [-0.39, 0.29) is 12.5 Å². The summed E-state index contributed by atoms with van der Waals surface area (Å²) >= 11 is 0. The molecule has 86 valence electrons. The summed E-state index contributed by atoms with van der Waals surface area (Å²) in [6.45, 7) is 3.16. The van der Waals surface area contributed by atoms with Gasteiger partial charge < -0.3 is 5.32 Å². The SMILES string of the molecule is CCC(CC#N)NC(=O)C(C)S(C)(=O)=O. The maximum absolute atomic E-state index is 11.4. The largest absolute Gasteiger partial charge is 0.351 e. The molecule has 0 aliphatic carbocycles. The summed E-state index contributed by atoms with van der Waals surface area (Å²) in [7, 11) is -3.37. The number of rotatable bonds is 5. The average Bonchev–Trinajstić information content (AvgIpc) is 2.14. The summed E-state index contributed by atoms with van der Waals surface area (Å²) in [6.07, 6.45) is 1.82. The van der Waals surface area contributed by atoms with Crippen LogP contribution in [-0.4, -0.2) is 31.9 Å². The van der Waals surface area contributed by atoms with Gasteiger partial charge in [-0.05, 0) is 13.3 Å². The van der Waals surface area contributed by atoms with Gasteiger partial charge in [0.2, 0.25) is 5.91 Å². The van der Waals surface area contributed by atoms with E-state index in [1.54, 1.807) is 0 Å². The fourth-order valence-corrected chi connectivity index (χ4v) is 1.38. The van der Waals surface area contributed by atoms with Crippen molar-refractivity contribution in [3.05, 3.63) is 0 Å². The first-order chi connectivity index (χ1) is 6.82. The number of nitrogens with one attached hydrogen (secondary N) is 1.